The first-order valence-corrected chi connectivity index (χ1v) is 7.12. The Hall–Kier alpha value is -1.03. The standard InChI is InChI=1S/C16H22F3N/c1-15(2)8-6-11(7-9-15)14(20)12-4-3-5-13(10-12)16(17,18)19/h3-5,10-11,14H,6-9,20H2,1-2H3. The molecule has 2 N–H and O–H groups in total. The molecule has 0 heterocycles. The lowest BCUT2D eigenvalue weighted by Gasteiger charge is -2.37. The van der Waals surface area contributed by atoms with Crippen LogP contribution >= 0.6 is 0 Å². The fraction of sp³-hybridized carbons (Fsp3) is 0.625. The summed E-state index contributed by atoms with van der Waals surface area (Å²) in [7, 11) is 0. The van der Waals surface area contributed by atoms with Gasteiger partial charge in [0.15, 0.2) is 0 Å². The summed E-state index contributed by atoms with van der Waals surface area (Å²) >= 11 is 0. The monoisotopic (exact) mass is 285 g/mol. The zero-order chi connectivity index (χ0) is 15.0. The molecule has 0 aliphatic heterocycles. The number of rotatable bonds is 2. The summed E-state index contributed by atoms with van der Waals surface area (Å²) in [5.41, 5.74) is 6.53. The van der Waals surface area contributed by atoms with Crippen LogP contribution in [0.25, 0.3) is 0 Å². The first-order valence-electron chi connectivity index (χ1n) is 7.12. The number of hydrogen-bond donors (Lipinski definition) is 1. The van der Waals surface area contributed by atoms with Crippen molar-refractivity contribution in [1.82, 2.24) is 0 Å². The maximum absolute atomic E-state index is 12.7. The van der Waals surface area contributed by atoms with Crippen LogP contribution in [0, 0.1) is 11.3 Å². The van der Waals surface area contributed by atoms with E-state index >= 15 is 0 Å². The molecule has 20 heavy (non-hydrogen) atoms. The second-order valence-corrected chi connectivity index (χ2v) is 6.65. The van der Waals surface area contributed by atoms with Gasteiger partial charge in [-0.1, -0.05) is 26.0 Å². The van der Waals surface area contributed by atoms with Crippen molar-refractivity contribution in [2.24, 2.45) is 17.1 Å². The van der Waals surface area contributed by atoms with Crippen LogP contribution in [0.2, 0.25) is 0 Å². The van der Waals surface area contributed by atoms with Crippen LogP contribution < -0.4 is 5.73 Å². The number of nitrogens with two attached hydrogens (primary N) is 1. The van der Waals surface area contributed by atoms with Crippen molar-refractivity contribution in [2.45, 2.75) is 51.7 Å². The van der Waals surface area contributed by atoms with Gasteiger partial charge in [-0.05, 0) is 54.7 Å². The van der Waals surface area contributed by atoms with Crippen LogP contribution in [0.1, 0.15) is 56.7 Å². The van der Waals surface area contributed by atoms with Gasteiger partial charge in [0.2, 0.25) is 0 Å². The second-order valence-electron chi connectivity index (χ2n) is 6.65. The van der Waals surface area contributed by atoms with Crippen molar-refractivity contribution in [2.75, 3.05) is 0 Å². The molecule has 4 heteroatoms. The lowest BCUT2D eigenvalue weighted by Crippen LogP contribution is -2.29. The molecule has 1 saturated carbocycles. The van der Waals surface area contributed by atoms with E-state index in [1.807, 2.05) is 0 Å². The highest BCUT2D eigenvalue weighted by atomic mass is 19.4. The summed E-state index contributed by atoms with van der Waals surface area (Å²) in [6.07, 6.45) is -0.145. The topological polar surface area (TPSA) is 26.0 Å². The van der Waals surface area contributed by atoms with Gasteiger partial charge in [0, 0.05) is 6.04 Å². The molecule has 0 aromatic heterocycles. The number of halogens is 3. The molecule has 112 valence electrons. The van der Waals surface area contributed by atoms with E-state index in [4.69, 9.17) is 5.73 Å². The highest BCUT2D eigenvalue weighted by molar-refractivity contribution is 5.28. The Balaban J connectivity index is 2.12. The Morgan fingerprint density at radius 2 is 1.80 bits per heavy atom. The number of hydrogen-bond acceptors (Lipinski definition) is 1. The van der Waals surface area contributed by atoms with Gasteiger partial charge in [0.25, 0.3) is 0 Å². The molecule has 2 rings (SSSR count). The van der Waals surface area contributed by atoms with Crippen LogP contribution in [-0.4, -0.2) is 0 Å². The Morgan fingerprint density at radius 3 is 2.35 bits per heavy atom. The van der Waals surface area contributed by atoms with Gasteiger partial charge in [0.05, 0.1) is 5.56 Å². The van der Waals surface area contributed by atoms with Gasteiger partial charge in [0.1, 0.15) is 0 Å². The molecule has 1 aromatic carbocycles. The van der Waals surface area contributed by atoms with Crippen molar-refractivity contribution in [3.8, 4) is 0 Å². The van der Waals surface area contributed by atoms with E-state index in [1.54, 1.807) is 6.07 Å². The van der Waals surface area contributed by atoms with Crippen molar-refractivity contribution >= 4 is 0 Å². The Kier molecular flexibility index (Phi) is 4.14. The molecule has 1 unspecified atom stereocenters. The SMILES string of the molecule is CC1(C)CCC(C(N)c2cccc(C(F)(F)F)c2)CC1. The number of benzene rings is 1. The zero-order valence-electron chi connectivity index (χ0n) is 12.0. The van der Waals surface area contributed by atoms with Crippen LogP contribution in [0.5, 0.6) is 0 Å². The molecule has 0 spiro atoms. The molecule has 1 atom stereocenters. The Labute approximate surface area is 118 Å². The third-order valence-corrected chi connectivity index (χ3v) is 4.49. The van der Waals surface area contributed by atoms with Crippen LogP contribution in [0.15, 0.2) is 24.3 Å². The van der Waals surface area contributed by atoms with Crippen LogP contribution in [0.3, 0.4) is 0 Å². The normalized spacial score (nSPS) is 21.7. The van der Waals surface area contributed by atoms with E-state index in [0.717, 1.165) is 31.7 Å². The molecule has 1 aliphatic carbocycles. The fourth-order valence-electron chi connectivity index (χ4n) is 2.98. The van der Waals surface area contributed by atoms with E-state index in [0.29, 0.717) is 11.0 Å². The molecular formula is C16H22F3N. The first-order chi connectivity index (χ1) is 9.19. The van der Waals surface area contributed by atoms with Crippen molar-refractivity contribution in [3.05, 3.63) is 35.4 Å². The molecule has 1 nitrogen and oxygen atoms in total. The van der Waals surface area contributed by atoms with Crippen LogP contribution in [0.4, 0.5) is 13.2 Å². The van der Waals surface area contributed by atoms with Gasteiger partial charge in [-0.15, -0.1) is 0 Å². The molecule has 1 aromatic rings. The summed E-state index contributed by atoms with van der Waals surface area (Å²) < 4.78 is 38.2. The molecular weight excluding hydrogens is 263 g/mol. The van der Waals surface area contributed by atoms with E-state index in [2.05, 4.69) is 13.8 Å². The third kappa shape index (κ3) is 3.54. The van der Waals surface area contributed by atoms with Gasteiger partial charge in [-0.25, -0.2) is 0 Å². The van der Waals surface area contributed by atoms with Crippen molar-refractivity contribution < 1.29 is 13.2 Å². The van der Waals surface area contributed by atoms with Gasteiger partial charge in [-0.3, -0.25) is 0 Å². The highest BCUT2D eigenvalue weighted by Gasteiger charge is 2.33. The minimum Gasteiger partial charge on any atom is -0.324 e. The quantitative estimate of drug-likeness (QED) is 0.820. The predicted octanol–water partition coefficient (Wildman–Crippen LogP) is 4.92. The maximum Gasteiger partial charge on any atom is 0.416 e. The number of alkyl halides is 3. The van der Waals surface area contributed by atoms with Gasteiger partial charge in [-0.2, -0.15) is 13.2 Å². The molecule has 0 bridgehead atoms. The smallest absolute Gasteiger partial charge is 0.324 e. The van der Waals surface area contributed by atoms with E-state index < -0.39 is 11.7 Å². The molecule has 1 fully saturated rings. The summed E-state index contributed by atoms with van der Waals surface area (Å²) in [5, 5.41) is 0. The lowest BCUT2D eigenvalue weighted by molar-refractivity contribution is -0.137. The Morgan fingerprint density at radius 1 is 1.20 bits per heavy atom. The van der Waals surface area contributed by atoms with E-state index in [9.17, 15) is 13.2 Å². The van der Waals surface area contributed by atoms with E-state index in [1.165, 1.54) is 12.1 Å². The summed E-state index contributed by atoms with van der Waals surface area (Å²) in [5.74, 6) is 0.284. The van der Waals surface area contributed by atoms with Gasteiger partial charge < -0.3 is 5.73 Å². The fourth-order valence-corrected chi connectivity index (χ4v) is 2.98. The van der Waals surface area contributed by atoms with Crippen LogP contribution in [-0.2, 0) is 6.18 Å². The van der Waals surface area contributed by atoms with E-state index in [-0.39, 0.29) is 12.0 Å². The first kappa shape index (κ1) is 15.4. The van der Waals surface area contributed by atoms with Crippen molar-refractivity contribution in [1.29, 1.82) is 0 Å². The minimum atomic E-state index is -4.30. The minimum absolute atomic E-state index is 0.284. The zero-order valence-corrected chi connectivity index (χ0v) is 12.0. The predicted molar refractivity (Wildman–Crippen MR) is 74.1 cm³/mol. The second kappa shape index (κ2) is 5.40. The highest BCUT2D eigenvalue weighted by Crippen LogP contribution is 2.42. The molecule has 0 saturated heterocycles. The van der Waals surface area contributed by atoms with Crippen molar-refractivity contribution in [3.63, 3.8) is 0 Å². The molecule has 0 amide bonds. The maximum atomic E-state index is 12.7. The molecule has 1 aliphatic rings. The lowest BCUT2D eigenvalue weighted by atomic mass is 9.70. The summed E-state index contributed by atoms with van der Waals surface area (Å²) in [4.78, 5) is 0. The molecule has 0 radical (unpaired) electrons. The largest absolute Gasteiger partial charge is 0.416 e. The summed E-state index contributed by atoms with van der Waals surface area (Å²) in [6.45, 7) is 4.47. The average molecular weight is 285 g/mol. The Bertz CT molecular complexity index is 455. The third-order valence-electron chi connectivity index (χ3n) is 4.49. The van der Waals surface area contributed by atoms with Gasteiger partial charge >= 0.3 is 6.18 Å². The average Bonchev–Trinajstić information content (AvgIpc) is 2.37. The summed E-state index contributed by atoms with van der Waals surface area (Å²) in [6, 6.07) is 5.16.